The van der Waals surface area contributed by atoms with Crippen molar-refractivity contribution in [2.75, 3.05) is 11.9 Å². The van der Waals surface area contributed by atoms with E-state index in [0.29, 0.717) is 0 Å². The van der Waals surface area contributed by atoms with Crippen LogP contribution in [0.1, 0.15) is 6.92 Å². The Kier molecular flexibility index (Phi) is 4.53. The fourth-order valence-electron chi connectivity index (χ4n) is 0.920. The van der Waals surface area contributed by atoms with Crippen molar-refractivity contribution in [3.8, 4) is 0 Å². The van der Waals surface area contributed by atoms with E-state index in [9.17, 15) is 0 Å². The zero-order valence-corrected chi connectivity index (χ0v) is 10.5. The number of halogens is 2. The summed E-state index contributed by atoms with van der Waals surface area (Å²) in [6, 6.07) is 6.08. The summed E-state index contributed by atoms with van der Waals surface area (Å²) < 4.78 is 2.15. The predicted molar refractivity (Wildman–Crippen MR) is 65.1 cm³/mol. The van der Waals surface area contributed by atoms with Crippen molar-refractivity contribution in [3.63, 3.8) is 0 Å². The maximum absolute atomic E-state index is 3.48. The highest BCUT2D eigenvalue weighted by Crippen LogP contribution is 2.25. The standard InChI is InChI=1S/C10H11Br2N/c1-2-3-6-13-10-5-4-8(11)7-9(10)12/h2-5,7,13H,6H2,1H3/b3-2+. The highest BCUT2D eigenvalue weighted by molar-refractivity contribution is 9.11. The number of rotatable bonds is 3. The summed E-state index contributed by atoms with van der Waals surface area (Å²) in [6.07, 6.45) is 4.11. The SMILES string of the molecule is C/C=C/CNc1ccc(Br)cc1Br. The average Bonchev–Trinajstić information content (AvgIpc) is 2.09. The molecule has 0 amide bonds. The maximum Gasteiger partial charge on any atom is 0.0487 e. The van der Waals surface area contributed by atoms with E-state index in [1.807, 2.05) is 31.2 Å². The molecule has 70 valence electrons. The number of allylic oxidation sites excluding steroid dienone is 1. The molecule has 0 aliphatic rings. The number of benzene rings is 1. The molecule has 0 radical (unpaired) electrons. The van der Waals surface area contributed by atoms with Gasteiger partial charge in [-0.3, -0.25) is 0 Å². The van der Waals surface area contributed by atoms with Gasteiger partial charge in [-0.25, -0.2) is 0 Å². The normalized spacial score (nSPS) is 10.7. The molecule has 0 aromatic heterocycles. The third kappa shape index (κ3) is 3.53. The van der Waals surface area contributed by atoms with Gasteiger partial charge in [0.05, 0.1) is 0 Å². The largest absolute Gasteiger partial charge is 0.381 e. The van der Waals surface area contributed by atoms with Crippen LogP contribution in [0.5, 0.6) is 0 Å². The van der Waals surface area contributed by atoms with Gasteiger partial charge in [-0.05, 0) is 41.1 Å². The predicted octanol–water partition coefficient (Wildman–Crippen LogP) is 4.20. The molecule has 1 nitrogen and oxygen atoms in total. The van der Waals surface area contributed by atoms with Crippen LogP contribution >= 0.6 is 31.9 Å². The van der Waals surface area contributed by atoms with Crippen molar-refractivity contribution in [3.05, 3.63) is 39.3 Å². The molecule has 0 saturated heterocycles. The molecule has 0 atom stereocenters. The van der Waals surface area contributed by atoms with Gasteiger partial charge in [-0.2, -0.15) is 0 Å². The van der Waals surface area contributed by atoms with E-state index >= 15 is 0 Å². The third-order valence-electron chi connectivity index (χ3n) is 1.58. The van der Waals surface area contributed by atoms with Crippen LogP contribution in [0.2, 0.25) is 0 Å². The van der Waals surface area contributed by atoms with Gasteiger partial charge in [-0.1, -0.05) is 28.1 Å². The van der Waals surface area contributed by atoms with Crippen LogP contribution in [0.4, 0.5) is 5.69 Å². The molecular formula is C10H11Br2N. The number of hydrogen-bond donors (Lipinski definition) is 1. The van der Waals surface area contributed by atoms with E-state index in [1.54, 1.807) is 0 Å². The van der Waals surface area contributed by atoms with Crippen molar-refractivity contribution in [2.45, 2.75) is 6.92 Å². The highest BCUT2D eigenvalue weighted by atomic mass is 79.9. The Bertz CT molecular complexity index is 308. The first-order chi connectivity index (χ1) is 6.24. The van der Waals surface area contributed by atoms with Gasteiger partial charge in [0.15, 0.2) is 0 Å². The van der Waals surface area contributed by atoms with Crippen LogP contribution in [-0.4, -0.2) is 6.54 Å². The zero-order valence-electron chi connectivity index (χ0n) is 7.35. The number of nitrogens with one attached hydrogen (secondary N) is 1. The van der Waals surface area contributed by atoms with Gasteiger partial charge in [-0.15, -0.1) is 0 Å². The van der Waals surface area contributed by atoms with Crippen LogP contribution in [0.25, 0.3) is 0 Å². The summed E-state index contributed by atoms with van der Waals surface area (Å²) in [5.41, 5.74) is 1.11. The smallest absolute Gasteiger partial charge is 0.0487 e. The van der Waals surface area contributed by atoms with E-state index in [0.717, 1.165) is 21.2 Å². The lowest BCUT2D eigenvalue weighted by atomic mass is 10.3. The van der Waals surface area contributed by atoms with Gasteiger partial charge < -0.3 is 5.32 Å². The molecule has 13 heavy (non-hydrogen) atoms. The molecule has 1 N–H and O–H groups in total. The van der Waals surface area contributed by atoms with Crippen LogP contribution < -0.4 is 5.32 Å². The lowest BCUT2D eigenvalue weighted by Crippen LogP contribution is -1.98. The van der Waals surface area contributed by atoms with Crippen LogP contribution in [-0.2, 0) is 0 Å². The summed E-state index contributed by atoms with van der Waals surface area (Å²) in [4.78, 5) is 0. The molecule has 0 aliphatic heterocycles. The van der Waals surface area contributed by atoms with Crippen molar-refractivity contribution in [2.24, 2.45) is 0 Å². The fourth-order valence-corrected chi connectivity index (χ4v) is 2.11. The van der Waals surface area contributed by atoms with E-state index < -0.39 is 0 Å². The van der Waals surface area contributed by atoms with E-state index in [1.165, 1.54) is 0 Å². The summed E-state index contributed by atoms with van der Waals surface area (Å²) in [5.74, 6) is 0. The fraction of sp³-hybridized carbons (Fsp3) is 0.200. The molecule has 0 unspecified atom stereocenters. The van der Waals surface area contributed by atoms with Crippen molar-refractivity contribution >= 4 is 37.5 Å². The van der Waals surface area contributed by atoms with Crippen molar-refractivity contribution < 1.29 is 0 Å². The summed E-state index contributed by atoms with van der Waals surface area (Å²) in [7, 11) is 0. The highest BCUT2D eigenvalue weighted by Gasteiger charge is 1.97. The van der Waals surface area contributed by atoms with Gasteiger partial charge in [0.25, 0.3) is 0 Å². The number of anilines is 1. The molecule has 0 aliphatic carbocycles. The minimum atomic E-state index is 0.858. The van der Waals surface area contributed by atoms with Gasteiger partial charge in [0.2, 0.25) is 0 Å². The summed E-state index contributed by atoms with van der Waals surface area (Å²) in [5, 5.41) is 3.29. The van der Waals surface area contributed by atoms with Crippen molar-refractivity contribution in [1.82, 2.24) is 0 Å². The maximum atomic E-state index is 3.48. The molecule has 3 heteroatoms. The van der Waals surface area contributed by atoms with E-state index in [2.05, 4.69) is 43.3 Å². The third-order valence-corrected chi connectivity index (χ3v) is 2.73. The zero-order chi connectivity index (χ0) is 9.68. The molecule has 0 spiro atoms. The lowest BCUT2D eigenvalue weighted by molar-refractivity contribution is 1.31. The van der Waals surface area contributed by atoms with Gasteiger partial charge in [0, 0.05) is 21.2 Å². The quantitative estimate of drug-likeness (QED) is 0.825. The Labute approximate surface area is 95.5 Å². The molecule has 1 rings (SSSR count). The Balaban J connectivity index is 2.66. The molecule has 0 bridgehead atoms. The van der Waals surface area contributed by atoms with E-state index in [4.69, 9.17) is 0 Å². The molecule has 0 heterocycles. The molecule has 0 fully saturated rings. The molecule has 1 aromatic carbocycles. The second-order valence-corrected chi connectivity index (χ2v) is 4.34. The first kappa shape index (κ1) is 10.8. The first-order valence-corrected chi connectivity index (χ1v) is 5.62. The van der Waals surface area contributed by atoms with E-state index in [-0.39, 0.29) is 0 Å². The van der Waals surface area contributed by atoms with Gasteiger partial charge >= 0.3 is 0 Å². The molecule has 1 aromatic rings. The topological polar surface area (TPSA) is 12.0 Å². The Morgan fingerprint density at radius 3 is 2.77 bits per heavy atom. The minimum Gasteiger partial charge on any atom is -0.381 e. The van der Waals surface area contributed by atoms with Crippen LogP contribution in [0, 0.1) is 0 Å². The van der Waals surface area contributed by atoms with Crippen LogP contribution in [0.15, 0.2) is 39.3 Å². The van der Waals surface area contributed by atoms with Gasteiger partial charge in [0.1, 0.15) is 0 Å². The second-order valence-electron chi connectivity index (χ2n) is 2.57. The van der Waals surface area contributed by atoms with Crippen molar-refractivity contribution in [1.29, 1.82) is 0 Å². The monoisotopic (exact) mass is 303 g/mol. The average molecular weight is 305 g/mol. The first-order valence-electron chi connectivity index (χ1n) is 4.04. The summed E-state index contributed by atoms with van der Waals surface area (Å²) >= 11 is 6.89. The van der Waals surface area contributed by atoms with Crippen LogP contribution in [0.3, 0.4) is 0 Å². The lowest BCUT2D eigenvalue weighted by Gasteiger charge is -2.05. The number of hydrogen-bond acceptors (Lipinski definition) is 1. The summed E-state index contributed by atoms with van der Waals surface area (Å²) in [6.45, 7) is 2.87. The molecular weight excluding hydrogens is 294 g/mol. The molecule has 0 saturated carbocycles. The Hall–Kier alpha value is -0.280. The minimum absolute atomic E-state index is 0.858. The Morgan fingerprint density at radius 1 is 1.38 bits per heavy atom. The second kappa shape index (κ2) is 5.45. The Morgan fingerprint density at radius 2 is 2.15 bits per heavy atom.